The molecule has 1 unspecified atom stereocenters. The lowest BCUT2D eigenvalue weighted by atomic mass is 9.90. The summed E-state index contributed by atoms with van der Waals surface area (Å²) in [4.78, 5) is 0. The molecule has 6 bridgehead atoms. The molecule has 1 nitrogen and oxygen atoms in total. The minimum Gasteiger partial charge on any atom is -0.384 e. The highest BCUT2D eigenvalue weighted by Gasteiger charge is 2.34. The van der Waals surface area contributed by atoms with Gasteiger partial charge in [0.05, 0.1) is 0 Å². The number of fused-ring (bicyclic) bond motifs is 6. The van der Waals surface area contributed by atoms with E-state index in [0.717, 1.165) is 27.8 Å². The van der Waals surface area contributed by atoms with Crippen LogP contribution in [0.5, 0.6) is 0 Å². The van der Waals surface area contributed by atoms with Crippen LogP contribution in [-0.2, 0) is 0 Å². The van der Waals surface area contributed by atoms with E-state index in [0.29, 0.717) is 0 Å². The van der Waals surface area contributed by atoms with Crippen molar-refractivity contribution in [1.82, 2.24) is 0 Å². The molecular weight excluding hydrogens is 549 g/mol. The lowest BCUT2D eigenvalue weighted by Gasteiger charge is -2.14. The lowest BCUT2D eigenvalue weighted by molar-refractivity contribution is 0.225. The molecule has 7 aromatic carbocycles. The van der Waals surface area contributed by atoms with Crippen molar-refractivity contribution in [3.63, 3.8) is 0 Å². The maximum atomic E-state index is 12.2. The number of hydrogen-bond acceptors (Lipinski definition) is 1. The molecule has 2 heteroatoms. The van der Waals surface area contributed by atoms with E-state index in [1.54, 1.807) is 0 Å². The predicted octanol–water partition coefficient (Wildman–Crippen LogP) is 10.5. The maximum Gasteiger partial charge on any atom is 0.129 e. The third-order valence-electron chi connectivity index (χ3n) is 9.91. The average molecular weight is 577 g/mol. The summed E-state index contributed by atoms with van der Waals surface area (Å²) in [5, 5.41) is 29.8. The maximum absolute atomic E-state index is 12.2. The molecule has 0 amide bonds. The number of aliphatic hydroxyl groups is 1. The van der Waals surface area contributed by atoms with Gasteiger partial charge in [-0.25, -0.2) is 0 Å². The molecule has 0 aromatic heterocycles. The Kier molecular flexibility index (Phi) is 4.54. The Hall–Kier alpha value is -4.94. The molecule has 7 aromatic rings. The van der Waals surface area contributed by atoms with Crippen molar-refractivity contribution in [1.29, 1.82) is 0 Å². The number of rotatable bonds is 0. The Morgan fingerprint density at radius 3 is 2.02 bits per heavy atom. The van der Waals surface area contributed by atoms with Gasteiger partial charge < -0.3 is 5.11 Å². The second-order valence-electron chi connectivity index (χ2n) is 13.5. The van der Waals surface area contributed by atoms with Gasteiger partial charge in [0, 0.05) is 21.7 Å². The van der Waals surface area contributed by atoms with Crippen molar-refractivity contribution in [2.45, 2.75) is 25.7 Å². The van der Waals surface area contributed by atoms with Gasteiger partial charge in [0.25, 0.3) is 0 Å². The van der Waals surface area contributed by atoms with Gasteiger partial charge in [-0.15, -0.1) is 5.54 Å². The van der Waals surface area contributed by atoms with Crippen molar-refractivity contribution in [2.75, 3.05) is 0 Å². The van der Waals surface area contributed by atoms with Crippen LogP contribution in [0.25, 0.3) is 75.8 Å². The molecule has 0 saturated heterocycles. The summed E-state index contributed by atoms with van der Waals surface area (Å²) in [5.41, 5.74) is 8.91. The summed E-state index contributed by atoms with van der Waals surface area (Å²) >= 11 is 0. The second kappa shape index (κ2) is 8.15. The molecule has 1 atom stereocenters. The highest BCUT2D eigenvalue weighted by Crippen LogP contribution is 2.54. The van der Waals surface area contributed by atoms with Crippen molar-refractivity contribution in [3.05, 3.63) is 130 Å². The molecule has 0 saturated carbocycles. The summed E-state index contributed by atoms with van der Waals surface area (Å²) in [6.45, 7) is 6.89. The van der Waals surface area contributed by atoms with Gasteiger partial charge in [0.1, 0.15) is 14.2 Å². The normalized spacial score (nSPS) is 14.9. The molecule has 44 heavy (non-hydrogen) atoms. The SMILES string of the molecule is C[Si](C)(C)C#Cc1c2c(c3c4c1c1ccccc1c=4c1cccc4cc5c(cc41)c1ccccc1c35)-c1ccccc1C2O. The molecule has 11 rings (SSSR count). The molecule has 0 fully saturated rings. The van der Waals surface area contributed by atoms with Gasteiger partial charge in [-0.2, -0.15) is 0 Å². The minimum atomic E-state index is -1.74. The molecular formula is C42H28OSi. The van der Waals surface area contributed by atoms with Crippen LogP contribution in [0.1, 0.15) is 22.8 Å². The fourth-order valence-corrected chi connectivity index (χ4v) is 8.75. The van der Waals surface area contributed by atoms with E-state index < -0.39 is 14.2 Å². The summed E-state index contributed by atoms with van der Waals surface area (Å²) < 4.78 is 0. The van der Waals surface area contributed by atoms with E-state index >= 15 is 0 Å². The molecule has 1 N–H and O–H groups in total. The van der Waals surface area contributed by atoms with Crippen LogP contribution in [0.3, 0.4) is 0 Å². The first-order valence-corrected chi connectivity index (χ1v) is 19.0. The topological polar surface area (TPSA) is 20.2 Å². The van der Waals surface area contributed by atoms with Gasteiger partial charge in [-0.1, -0.05) is 117 Å². The van der Waals surface area contributed by atoms with Gasteiger partial charge in [-0.3, -0.25) is 0 Å². The molecule has 0 aliphatic heterocycles. The monoisotopic (exact) mass is 576 g/mol. The molecule has 4 aliphatic rings. The van der Waals surface area contributed by atoms with E-state index in [9.17, 15) is 5.11 Å². The van der Waals surface area contributed by atoms with Gasteiger partial charge in [-0.05, 0) is 93.3 Å². The van der Waals surface area contributed by atoms with Gasteiger partial charge >= 0.3 is 0 Å². The molecule has 4 aliphatic carbocycles. The van der Waals surface area contributed by atoms with E-state index in [1.807, 2.05) is 6.07 Å². The van der Waals surface area contributed by atoms with E-state index in [2.05, 4.69) is 128 Å². The average Bonchev–Trinajstić information content (AvgIpc) is 3.65. The smallest absolute Gasteiger partial charge is 0.129 e. The third kappa shape index (κ3) is 2.94. The van der Waals surface area contributed by atoms with E-state index in [4.69, 9.17) is 0 Å². The fourth-order valence-electron chi connectivity index (χ4n) is 8.25. The summed E-state index contributed by atoms with van der Waals surface area (Å²) in [6, 6.07) is 37.8. The van der Waals surface area contributed by atoms with Crippen molar-refractivity contribution in [2.24, 2.45) is 0 Å². The Labute approximate surface area is 255 Å². The van der Waals surface area contributed by atoms with Crippen molar-refractivity contribution in [3.8, 4) is 22.6 Å². The van der Waals surface area contributed by atoms with Crippen LogP contribution < -0.4 is 0 Å². The Balaban J connectivity index is 1.70. The molecule has 0 heterocycles. The first-order chi connectivity index (χ1) is 21.4. The van der Waals surface area contributed by atoms with Crippen LogP contribution in [0.2, 0.25) is 19.6 Å². The molecule has 206 valence electrons. The predicted molar refractivity (Wildman–Crippen MR) is 189 cm³/mol. The highest BCUT2D eigenvalue weighted by molar-refractivity contribution is 6.83. The Morgan fingerprint density at radius 1 is 0.568 bits per heavy atom. The van der Waals surface area contributed by atoms with Gasteiger partial charge in [0.2, 0.25) is 0 Å². The zero-order valence-corrected chi connectivity index (χ0v) is 25.8. The van der Waals surface area contributed by atoms with Crippen molar-refractivity contribution < 1.29 is 5.11 Å². The number of benzene rings is 6. The summed E-state index contributed by atoms with van der Waals surface area (Å²) in [6.07, 6.45) is -0.737. The zero-order chi connectivity index (χ0) is 29.5. The van der Waals surface area contributed by atoms with E-state index in [-0.39, 0.29) is 0 Å². The zero-order valence-electron chi connectivity index (χ0n) is 24.8. The lowest BCUT2D eigenvalue weighted by Crippen LogP contribution is -2.16. The first kappa shape index (κ1) is 24.5. The standard InChI is InChI=1S/C42H28OSi/c1-44(2,3)20-19-31-36-27-15-7-6-14-26(27)35-29-18-10-11-23-21-34-33(22-32(23)29)24-12-4-5-13-25(24)37(34)41(40(35)36)38-28-16-8-9-17-30(28)42(43)39(31)38/h4-18,21-22,42-43H,1-3H3. The first-order valence-electron chi connectivity index (χ1n) is 15.5. The van der Waals surface area contributed by atoms with Crippen molar-refractivity contribution >= 4 is 72.7 Å². The summed E-state index contributed by atoms with van der Waals surface area (Å²) in [7, 11) is -1.74. The third-order valence-corrected chi connectivity index (χ3v) is 10.8. The van der Waals surface area contributed by atoms with Crippen LogP contribution in [-0.4, -0.2) is 13.2 Å². The minimum absolute atomic E-state index is 0.737. The molecule has 0 spiro atoms. The van der Waals surface area contributed by atoms with Crippen LogP contribution >= 0.6 is 0 Å². The largest absolute Gasteiger partial charge is 0.384 e. The van der Waals surface area contributed by atoms with E-state index in [1.165, 1.54) is 75.1 Å². The molecule has 0 radical (unpaired) electrons. The quantitative estimate of drug-likeness (QED) is 0.141. The summed E-state index contributed by atoms with van der Waals surface area (Å²) in [5.74, 6) is 3.75. The number of hydrogen-bond donors (Lipinski definition) is 1. The van der Waals surface area contributed by atoms with Crippen LogP contribution in [0.15, 0.2) is 103 Å². The highest BCUT2D eigenvalue weighted by atomic mass is 28.3. The fraction of sp³-hybridized carbons (Fsp3) is 0.0952. The van der Waals surface area contributed by atoms with Crippen LogP contribution in [0, 0.1) is 21.9 Å². The Bertz CT molecular complexity index is 2830. The second-order valence-corrected chi connectivity index (χ2v) is 18.3. The Morgan fingerprint density at radius 2 is 1.23 bits per heavy atom. The van der Waals surface area contributed by atoms with Crippen LogP contribution in [0.4, 0.5) is 0 Å². The number of aliphatic hydroxyl groups excluding tert-OH is 1. The van der Waals surface area contributed by atoms with Gasteiger partial charge in [0.15, 0.2) is 0 Å².